The molecule has 0 radical (unpaired) electrons. The Kier molecular flexibility index (Phi) is 9.15. The summed E-state index contributed by atoms with van der Waals surface area (Å²) in [5, 5.41) is 14.0. The lowest BCUT2D eigenvalue weighted by Crippen LogP contribution is -2.45. The summed E-state index contributed by atoms with van der Waals surface area (Å²) >= 11 is 0. The van der Waals surface area contributed by atoms with Gasteiger partial charge in [0.2, 0.25) is 12.4 Å². The normalized spacial score (nSPS) is 13.5. The summed E-state index contributed by atoms with van der Waals surface area (Å²) in [5.41, 5.74) is 1.31. The number of ether oxygens (including phenoxy) is 1. The van der Waals surface area contributed by atoms with Crippen LogP contribution in [0.1, 0.15) is 19.5 Å². The van der Waals surface area contributed by atoms with Gasteiger partial charge in [-0.1, -0.05) is 12.1 Å². The highest BCUT2D eigenvalue weighted by Gasteiger charge is 2.22. The van der Waals surface area contributed by atoms with E-state index in [1.54, 1.807) is 61.9 Å². The Labute approximate surface area is 238 Å². The monoisotopic (exact) mass is 560 g/mol. The zero-order valence-corrected chi connectivity index (χ0v) is 23.8. The van der Waals surface area contributed by atoms with Crippen molar-refractivity contribution in [3.8, 4) is 5.82 Å². The average molecular weight is 561 g/mol. The minimum Gasteiger partial charge on any atom is -0.388 e. The molecule has 41 heavy (non-hydrogen) atoms. The van der Waals surface area contributed by atoms with Crippen LogP contribution in [0, 0.1) is 0 Å². The molecule has 0 saturated carbocycles. The van der Waals surface area contributed by atoms with Gasteiger partial charge >= 0.3 is 0 Å². The molecule has 0 unspecified atom stereocenters. The van der Waals surface area contributed by atoms with Crippen LogP contribution in [0.4, 0.5) is 17.3 Å². The molecule has 12 heteroatoms. The van der Waals surface area contributed by atoms with Gasteiger partial charge in [-0.15, -0.1) is 6.58 Å². The molecule has 1 aliphatic rings. The Morgan fingerprint density at radius 3 is 2.37 bits per heavy atom. The molecule has 1 aromatic carbocycles. The van der Waals surface area contributed by atoms with Crippen molar-refractivity contribution >= 4 is 34.8 Å². The number of amides is 1. The lowest BCUT2D eigenvalue weighted by molar-refractivity contribution is -0.118. The molecular formula is C29H36N8O4. The fourth-order valence-corrected chi connectivity index (χ4v) is 4.46. The van der Waals surface area contributed by atoms with Gasteiger partial charge in [0.25, 0.3) is 5.56 Å². The van der Waals surface area contributed by atoms with E-state index >= 15 is 0 Å². The summed E-state index contributed by atoms with van der Waals surface area (Å²) < 4.78 is 7.37. The van der Waals surface area contributed by atoms with E-state index in [1.807, 2.05) is 24.3 Å². The first kappa shape index (κ1) is 29.4. The van der Waals surface area contributed by atoms with E-state index in [0.717, 1.165) is 30.9 Å². The molecule has 4 aromatic rings. The van der Waals surface area contributed by atoms with Crippen LogP contribution in [0.25, 0.3) is 16.9 Å². The van der Waals surface area contributed by atoms with E-state index < -0.39 is 5.60 Å². The van der Waals surface area contributed by atoms with Crippen molar-refractivity contribution in [3.05, 3.63) is 77.4 Å². The Hall–Kier alpha value is -4.55. The Morgan fingerprint density at radius 1 is 1.07 bits per heavy atom. The van der Waals surface area contributed by atoms with Crippen LogP contribution in [0.5, 0.6) is 0 Å². The Bertz CT molecular complexity index is 1550. The number of pyridine rings is 1. The second-order valence-electron chi connectivity index (χ2n) is 10.1. The third-order valence-corrected chi connectivity index (χ3v) is 6.51. The van der Waals surface area contributed by atoms with E-state index in [-0.39, 0.29) is 12.1 Å². The number of aromatic nitrogens is 5. The molecule has 1 amide bonds. The van der Waals surface area contributed by atoms with Crippen molar-refractivity contribution in [2.24, 2.45) is 0 Å². The van der Waals surface area contributed by atoms with E-state index in [9.17, 15) is 14.7 Å². The summed E-state index contributed by atoms with van der Waals surface area (Å²) in [4.78, 5) is 41.8. The van der Waals surface area contributed by atoms with Gasteiger partial charge < -0.3 is 25.0 Å². The van der Waals surface area contributed by atoms with Crippen LogP contribution in [0.2, 0.25) is 0 Å². The fourth-order valence-electron chi connectivity index (χ4n) is 4.46. The maximum absolute atomic E-state index is 13.2. The van der Waals surface area contributed by atoms with Gasteiger partial charge in [0.05, 0.1) is 12.2 Å². The molecule has 0 aliphatic carbocycles. The SMILES string of the molecule is C=CCn1c(=O)c2cnc(Nc3ccc(N4CCN(C=O)CC4)cc3)nc2n1-c1cccc(C(C)(C)O)n1.COC. The van der Waals surface area contributed by atoms with Gasteiger partial charge in [0.1, 0.15) is 11.0 Å². The van der Waals surface area contributed by atoms with Crippen molar-refractivity contribution in [1.29, 1.82) is 0 Å². The molecule has 0 bridgehead atoms. The summed E-state index contributed by atoms with van der Waals surface area (Å²) in [7, 11) is 3.25. The van der Waals surface area contributed by atoms with Crippen LogP contribution in [0.3, 0.4) is 0 Å². The number of nitrogens with one attached hydrogen (secondary N) is 1. The number of carbonyl (C=O) groups excluding carboxylic acids is 1. The molecule has 1 aliphatic heterocycles. The van der Waals surface area contributed by atoms with Crippen molar-refractivity contribution in [2.75, 3.05) is 50.6 Å². The molecule has 0 atom stereocenters. The lowest BCUT2D eigenvalue weighted by atomic mass is 10.1. The average Bonchev–Trinajstić information content (AvgIpc) is 3.24. The van der Waals surface area contributed by atoms with Gasteiger partial charge in [0, 0.05) is 58.0 Å². The molecule has 1 saturated heterocycles. The number of carbonyl (C=O) groups is 1. The zero-order chi connectivity index (χ0) is 29.6. The summed E-state index contributed by atoms with van der Waals surface area (Å²) in [6.07, 6.45) is 4.03. The van der Waals surface area contributed by atoms with E-state index in [0.29, 0.717) is 41.6 Å². The molecule has 12 nitrogen and oxygen atoms in total. The van der Waals surface area contributed by atoms with Crippen molar-refractivity contribution < 1.29 is 14.6 Å². The number of hydrogen-bond donors (Lipinski definition) is 2. The molecular weight excluding hydrogens is 524 g/mol. The third-order valence-electron chi connectivity index (χ3n) is 6.51. The van der Waals surface area contributed by atoms with Crippen LogP contribution in [-0.4, -0.2) is 81.1 Å². The minimum absolute atomic E-state index is 0.245. The van der Waals surface area contributed by atoms with Gasteiger partial charge in [-0.25, -0.2) is 19.3 Å². The van der Waals surface area contributed by atoms with E-state index in [4.69, 9.17) is 0 Å². The molecule has 3 aromatic heterocycles. The van der Waals surface area contributed by atoms with Crippen LogP contribution < -0.4 is 15.8 Å². The number of benzene rings is 1. The standard InChI is InChI=1S/C27H30N8O3.C2H6O/c1-4-12-34-25(37)21-17-28-26(31-24(21)35(34)23-7-5-6-22(30-23)27(2,3)38)29-19-8-10-20(11-9-19)33-15-13-32(18-36)14-16-33;1-3-2/h4-11,17-18,38H,1,12-16H2,2-3H3,(H,28,29,31);1-2H3. The van der Waals surface area contributed by atoms with Crippen molar-refractivity contribution in [3.63, 3.8) is 0 Å². The molecule has 5 rings (SSSR count). The van der Waals surface area contributed by atoms with Crippen LogP contribution in [-0.2, 0) is 21.7 Å². The number of methoxy groups -OCH3 is 1. The number of fused-ring (bicyclic) bond motifs is 1. The predicted octanol–water partition coefficient (Wildman–Crippen LogP) is 2.68. The van der Waals surface area contributed by atoms with Crippen LogP contribution in [0.15, 0.2) is 66.1 Å². The van der Waals surface area contributed by atoms with Crippen LogP contribution >= 0.6 is 0 Å². The smallest absolute Gasteiger partial charge is 0.278 e. The molecule has 4 heterocycles. The number of nitrogens with zero attached hydrogens (tertiary/aromatic N) is 7. The quantitative estimate of drug-likeness (QED) is 0.247. The number of piperazine rings is 1. The third kappa shape index (κ3) is 6.61. The predicted molar refractivity (Wildman–Crippen MR) is 159 cm³/mol. The van der Waals surface area contributed by atoms with E-state index in [1.165, 1.54) is 10.9 Å². The number of rotatable bonds is 8. The first-order valence-electron chi connectivity index (χ1n) is 13.2. The summed E-state index contributed by atoms with van der Waals surface area (Å²) in [6, 6.07) is 13.2. The second kappa shape index (κ2) is 12.7. The fraction of sp³-hybridized carbons (Fsp3) is 0.345. The second-order valence-corrected chi connectivity index (χ2v) is 10.1. The van der Waals surface area contributed by atoms with Gasteiger partial charge in [-0.2, -0.15) is 4.98 Å². The highest BCUT2D eigenvalue weighted by atomic mass is 16.4. The summed E-state index contributed by atoms with van der Waals surface area (Å²) in [6.45, 7) is 10.3. The molecule has 1 fully saturated rings. The van der Waals surface area contributed by atoms with Crippen molar-refractivity contribution in [1.82, 2.24) is 29.2 Å². The number of allylic oxidation sites excluding steroid dienone is 1. The van der Waals surface area contributed by atoms with Gasteiger partial charge in [0.15, 0.2) is 11.5 Å². The molecule has 0 spiro atoms. The van der Waals surface area contributed by atoms with Gasteiger partial charge in [-0.05, 0) is 50.2 Å². The maximum atomic E-state index is 13.2. The first-order chi connectivity index (χ1) is 19.7. The zero-order valence-electron chi connectivity index (χ0n) is 23.8. The highest BCUT2D eigenvalue weighted by Crippen LogP contribution is 2.23. The number of aliphatic hydroxyl groups is 1. The lowest BCUT2D eigenvalue weighted by Gasteiger charge is -2.34. The topological polar surface area (TPSA) is 131 Å². The summed E-state index contributed by atoms with van der Waals surface area (Å²) in [5.74, 6) is 0.773. The number of hydrogen-bond acceptors (Lipinski definition) is 9. The van der Waals surface area contributed by atoms with Crippen molar-refractivity contribution in [2.45, 2.75) is 26.0 Å². The Morgan fingerprint density at radius 2 is 1.76 bits per heavy atom. The van der Waals surface area contributed by atoms with E-state index in [2.05, 4.69) is 36.5 Å². The minimum atomic E-state index is -1.15. The highest BCUT2D eigenvalue weighted by molar-refractivity contribution is 5.77. The van der Waals surface area contributed by atoms with Gasteiger partial charge in [-0.3, -0.25) is 9.59 Å². The maximum Gasteiger partial charge on any atom is 0.278 e. The first-order valence-corrected chi connectivity index (χ1v) is 13.2. The molecule has 216 valence electrons. The number of anilines is 3. The Balaban J connectivity index is 0.00000124. The largest absolute Gasteiger partial charge is 0.388 e. The molecule has 2 N–H and O–H groups in total.